The van der Waals surface area contributed by atoms with Gasteiger partial charge in [0.1, 0.15) is 0 Å². The lowest BCUT2D eigenvalue weighted by atomic mass is 10.2. The highest BCUT2D eigenvalue weighted by atomic mass is 19.2. The van der Waals surface area contributed by atoms with E-state index in [1.807, 2.05) is 0 Å². The number of rotatable bonds is 2. The van der Waals surface area contributed by atoms with E-state index < -0.39 is 11.6 Å². The Balaban J connectivity index is 2.89. The molecule has 0 aromatic heterocycles. The Morgan fingerprint density at radius 1 is 1.33 bits per heavy atom. The molecular weight excluding hydrogens is 164 g/mol. The highest BCUT2D eigenvalue weighted by molar-refractivity contribution is 5.17. The van der Waals surface area contributed by atoms with E-state index in [1.54, 1.807) is 0 Å². The van der Waals surface area contributed by atoms with Crippen molar-refractivity contribution >= 4 is 0 Å². The van der Waals surface area contributed by atoms with Crippen LogP contribution in [0, 0.1) is 11.6 Å². The monoisotopic (exact) mass is 169 g/mol. The number of azide groups is 1. The van der Waals surface area contributed by atoms with Gasteiger partial charge < -0.3 is 0 Å². The van der Waals surface area contributed by atoms with Gasteiger partial charge >= 0.3 is 0 Å². The van der Waals surface area contributed by atoms with Gasteiger partial charge in [-0.25, -0.2) is 8.78 Å². The Labute approximate surface area is 67.3 Å². The number of hydrogen-bond donors (Lipinski definition) is 0. The van der Waals surface area contributed by atoms with E-state index in [0.717, 1.165) is 12.1 Å². The zero-order chi connectivity index (χ0) is 8.97. The fraction of sp³-hybridized carbons (Fsp3) is 0.143. The van der Waals surface area contributed by atoms with Gasteiger partial charge in [-0.3, -0.25) is 0 Å². The lowest BCUT2D eigenvalue weighted by Crippen LogP contribution is -1.86. The molecule has 0 unspecified atom stereocenters. The fourth-order valence-electron chi connectivity index (χ4n) is 0.751. The molecule has 0 heterocycles. The molecule has 1 aromatic carbocycles. The van der Waals surface area contributed by atoms with Crippen LogP contribution >= 0.6 is 0 Å². The Bertz CT molecular complexity index is 331. The number of benzene rings is 1. The van der Waals surface area contributed by atoms with E-state index in [4.69, 9.17) is 5.53 Å². The Kier molecular flexibility index (Phi) is 2.61. The molecule has 0 radical (unpaired) electrons. The quantitative estimate of drug-likeness (QED) is 0.371. The fourth-order valence-corrected chi connectivity index (χ4v) is 0.751. The van der Waals surface area contributed by atoms with Gasteiger partial charge in [-0.15, -0.1) is 0 Å². The molecule has 0 amide bonds. The highest BCUT2D eigenvalue weighted by Gasteiger charge is 2.00. The van der Waals surface area contributed by atoms with Crippen LogP contribution in [0.4, 0.5) is 8.78 Å². The van der Waals surface area contributed by atoms with E-state index in [2.05, 4.69) is 10.0 Å². The second-order valence-electron chi connectivity index (χ2n) is 2.14. The summed E-state index contributed by atoms with van der Waals surface area (Å²) in [7, 11) is 0. The summed E-state index contributed by atoms with van der Waals surface area (Å²) < 4.78 is 24.8. The minimum Gasteiger partial charge on any atom is -0.204 e. The van der Waals surface area contributed by atoms with Crippen molar-refractivity contribution in [1.82, 2.24) is 0 Å². The number of hydrogen-bond acceptors (Lipinski definition) is 1. The molecule has 0 atom stereocenters. The number of nitrogens with zero attached hydrogens (tertiary/aromatic N) is 3. The normalized spacial score (nSPS) is 9.17. The second kappa shape index (κ2) is 3.69. The Morgan fingerprint density at radius 2 is 2.08 bits per heavy atom. The van der Waals surface area contributed by atoms with Gasteiger partial charge in [0.15, 0.2) is 11.6 Å². The molecule has 3 nitrogen and oxygen atoms in total. The molecule has 0 N–H and O–H groups in total. The topological polar surface area (TPSA) is 48.8 Å². The largest absolute Gasteiger partial charge is 0.204 e. The molecule has 0 saturated heterocycles. The van der Waals surface area contributed by atoms with Crippen molar-refractivity contribution in [3.8, 4) is 0 Å². The van der Waals surface area contributed by atoms with Gasteiger partial charge in [0.2, 0.25) is 0 Å². The van der Waals surface area contributed by atoms with E-state index in [-0.39, 0.29) is 6.54 Å². The van der Waals surface area contributed by atoms with Gasteiger partial charge in [-0.05, 0) is 23.2 Å². The van der Waals surface area contributed by atoms with Crippen molar-refractivity contribution in [2.24, 2.45) is 5.11 Å². The molecule has 0 saturated carbocycles. The highest BCUT2D eigenvalue weighted by Crippen LogP contribution is 2.09. The third-order valence-corrected chi connectivity index (χ3v) is 1.30. The average Bonchev–Trinajstić information content (AvgIpc) is 2.07. The minimum atomic E-state index is -0.930. The molecule has 62 valence electrons. The molecule has 0 aliphatic carbocycles. The van der Waals surface area contributed by atoms with Crippen LogP contribution in [-0.4, -0.2) is 0 Å². The predicted molar refractivity (Wildman–Crippen MR) is 39.2 cm³/mol. The van der Waals surface area contributed by atoms with Gasteiger partial charge in [-0.1, -0.05) is 11.2 Å². The summed E-state index contributed by atoms with van der Waals surface area (Å²) in [5.74, 6) is -1.83. The van der Waals surface area contributed by atoms with E-state index in [1.165, 1.54) is 6.07 Å². The van der Waals surface area contributed by atoms with E-state index in [0.29, 0.717) is 5.56 Å². The molecule has 0 spiro atoms. The van der Waals surface area contributed by atoms with Crippen LogP contribution in [0.1, 0.15) is 5.56 Å². The maximum absolute atomic E-state index is 12.5. The van der Waals surface area contributed by atoms with Crippen LogP contribution in [0.2, 0.25) is 0 Å². The van der Waals surface area contributed by atoms with Crippen molar-refractivity contribution in [3.63, 3.8) is 0 Å². The van der Waals surface area contributed by atoms with Crippen LogP contribution in [-0.2, 0) is 6.54 Å². The first-order valence-corrected chi connectivity index (χ1v) is 3.19. The van der Waals surface area contributed by atoms with Gasteiger partial charge in [0.25, 0.3) is 0 Å². The smallest absolute Gasteiger partial charge is 0.159 e. The van der Waals surface area contributed by atoms with Gasteiger partial charge in [-0.2, -0.15) is 0 Å². The van der Waals surface area contributed by atoms with Crippen molar-refractivity contribution in [3.05, 3.63) is 45.8 Å². The third kappa shape index (κ3) is 1.93. The zero-order valence-corrected chi connectivity index (χ0v) is 6.04. The maximum atomic E-state index is 12.5. The summed E-state index contributed by atoms with van der Waals surface area (Å²) in [5, 5.41) is 3.20. The zero-order valence-electron chi connectivity index (χ0n) is 6.04. The molecule has 1 aromatic rings. The average molecular weight is 169 g/mol. The molecule has 0 aliphatic heterocycles. The summed E-state index contributed by atoms with van der Waals surface area (Å²) in [6.45, 7) is 0.0354. The summed E-state index contributed by atoms with van der Waals surface area (Å²) in [4.78, 5) is 2.49. The van der Waals surface area contributed by atoms with Crippen LogP contribution in [0.25, 0.3) is 10.4 Å². The Hall–Kier alpha value is -1.61. The summed E-state index contributed by atoms with van der Waals surface area (Å²) in [5.41, 5.74) is 8.39. The molecule has 5 heteroatoms. The standard InChI is InChI=1S/C7H5F2N3/c8-6-2-1-5(3-7(6)9)4-11-12-10/h1-3H,4H2. The minimum absolute atomic E-state index is 0.0354. The van der Waals surface area contributed by atoms with Crippen LogP contribution in [0.15, 0.2) is 23.3 Å². The predicted octanol–water partition coefficient (Wildman–Crippen LogP) is 2.78. The molecular formula is C7H5F2N3. The van der Waals surface area contributed by atoms with Crippen molar-refractivity contribution < 1.29 is 8.78 Å². The van der Waals surface area contributed by atoms with E-state index in [9.17, 15) is 8.78 Å². The summed E-state index contributed by atoms with van der Waals surface area (Å²) in [6, 6.07) is 3.37. The third-order valence-electron chi connectivity index (χ3n) is 1.30. The molecule has 0 aliphatic rings. The Morgan fingerprint density at radius 3 is 2.67 bits per heavy atom. The molecule has 12 heavy (non-hydrogen) atoms. The first-order chi connectivity index (χ1) is 5.74. The summed E-state index contributed by atoms with van der Waals surface area (Å²) >= 11 is 0. The van der Waals surface area contributed by atoms with Crippen molar-refractivity contribution in [1.29, 1.82) is 0 Å². The lowest BCUT2D eigenvalue weighted by molar-refractivity contribution is 0.507. The van der Waals surface area contributed by atoms with Gasteiger partial charge in [0.05, 0.1) is 6.54 Å². The lowest BCUT2D eigenvalue weighted by Gasteiger charge is -1.95. The van der Waals surface area contributed by atoms with Crippen molar-refractivity contribution in [2.45, 2.75) is 6.54 Å². The maximum Gasteiger partial charge on any atom is 0.159 e. The van der Waals surface area contributed by atoms with Crippen molar-refractivity contribution in [2.75, 3.05) is 0 Å². The van der Waals surface area contributed by atoms with Gasteiger partial charge in [0, 0.05) is 4.91 Å². The molecule has 1 rings (SSSR count). The van der Waals surface area contributed by atoms with Crippen LogP contribution in [0.3, 0.4) is 0 Å². The summed E-state index contributed by atoms with van der Waals surface area (Å²) in [6.07, 6.45) is 0. The van der Waals surface area contributed by atoms with Crippen LogP contribution in [0.5, 0.6) is 0 Å². The van der Waals surface area contributed by atoms with E-state index >= 15 is 0 Å². The first kappa shape index (κ1) is 8.49. The number of halogens is 2. The molecule has 0 bridgehead atoms. The SMILES string of the molecule is [N-]=[N+]=NCc1ccc(F)c(F)c1. The molecule has 0 fully saturated rings. The van der Waals surface area contributed by atoms with Crippen LogP contribution < -0.4 is 0 Å². The second-order valence-corrected chi connectivity index (χ2v) is 2.14. The first-order valence-electron chi connectivity index (χ1n) is 3.19.